The van der Waals surface area contributed by atoms with Crippen LogP contribution in [0.15, 0.2) is 29.1 Å². The molecule has 1 aliphatic rings. The molecule has 7 nitrogen and oxygen atoms in total. The van der Waals surface area contributed by atoms with Crippen molar-refractivity contribution >= 4 is 22.6 Å². The molecule has 170 valence electrons. The normalized spacial score (nSPS) is 17.1. The number of aromatic nitrogens is 3. The molecule has 7 heteroatoms. The molecule has 1 unspecified atom stereocenters. The molecule has 1 amide bonds. The second-order valence-corrected chi connectivity index (χ2v) is 9.05. The maximum absolute atomic E-state index is 12.6. The molecule has 0 bridgehead atoms. The van der Waals surface area contributed by atoms with Crippen LogP contribution in [0.25, 0.3) is 11.0 Å². The van der Waals surface area contributed by atoms with E-state index in [0.717, 1.165) is 41.1 Å². The number of aryl methyl sites for hydroxylation is 3. The molecule has 3 heterocycles. The molecule has 0 radical (unpaired) electrons. The third-order valence-corrected chi connectivity index (χ3v) is 6.72. The molecule has 0 aliphatic carbocycles. The zero-order valence-corrected chi connectivity index (χ0v) is 19.5. The summed E-state index contributed by atoms with van der Waals surface area (Å²) >= 11 is 0. The van der Waals surface area contributed by atoms with Crippen LogP contribution >= 0.6 is 0 Å². The van der Waals surface area contributed by atoms with Gasteiger partial charge in [-0.3, -0.25) is 19.2 Å². The predicted octanol–water partition coefficient (Wildman–Crippen LogP) is 3.82. The summed E-state index contributed by atoms with van der Waals surface area (Å²) in [5.41, 5.74) is 5.04. The molecule has 1 fully saturated rings. The molecule has 1 aliphatic heterocycles. The van der Waals surface area contributed by atoms with Gasteiger partial charge < -0.3 is 10.3 Å². The molecule has 1 atom stereocenters. The number of carbonyl (C=O) groups is 1. The van der Waals surface area contributed by atoms with Crippen molar-refractivity contribution < 1.29 is 4.79 Å². The summed E-state index contributed by atoms with van der Waals surface area (Å²) in [5, 5.41) is 8.32. The highest BCUT2D eigenvalue weighted by atomic mass is 16.1. The van der Waals surface area contributed by atoms with Crippen LogP contribution < -0.4 is 10.9 Å². The Kier molecular flexibility index (Phi) is 6.46. The minimum Gasteiger partial charge on any atom is -0.326 e. The van der Waals surface area contributed by atoms with E-state index in [4.69, 9.17) is 0 Å². The van der Waals surface area contributed by atoms with Gasteiger partial charge in [0, 0.05) is 42.7 Å². The average Bonchev–Trinajstić information content (AvgIpc) is 3.04. The van der Waals surface area contributed by atoms with Gasteiger partial charge in [0.15, 0.2) is 0 Å². The number of nitrogens with zero attached hydrogens (tertiary/aromatic N) is 3. The summed E-state index contributed by atoms with van der Waals surface area (Å²) in [4.78, 5) is 30.6. The summed E-state index contributed by atoms with van der Waals surface area (Å²) in [6.07, 6.45) is 4.51. The Bertz CT molecular complexity index is 1180. The van der Waals surface area contributed by atoms with Crippen molar-refractivity contribution in [2.45, 2.75) is 65.5 Å². The van der Waals surface area contributed by atoms with Gasteiger partial charge in [-0.2, -0.15) is 5.10 Å². The van der Waals surface area contributed by atoms with E-state index < -0.39 is 0 Å². The number of likely N-dealkylation sites (tertiary alicyclic amines) is 1. The Morgan fingerprint density at radius 2 is 1.97 bits per heavy atom. The molecule has 0 saturated carbocycles. The third-order valence-electron chi connectivity index (χ3n) is 6.72. The number of anilines is 1. The van der Waals surface area contributed by atoms with Crippen LogP contribution in [0, 0.1) is 13.8 Å². The standard InChI is InChI=1S/C25H33N5O2/c1-16-7-5-6-14-30(16)15-19-8-10-20(11-9-19)26-22(31)13-12-21-17(2)23-18(3)28-29(4)24(23)27-25(21)32/h8-11,16H,5-7,12-15H2,1-4H3,(H,26,31)(H,27,32). The van der Waals surface area contributed by atoms with Gasteiger partial charge in [0.25, 0.3) is 5.56 Å². The summed E-state index contributed by atoms with van der Waals surface area (Å²) in [7, 11) is 1.82. The third kappa shape index (κ3) is 4.63. The van der Waals surface area contributed by atoms with E-state index in [1.54, 1.807) is 4.68 Å². The Morgan fingerprint density at radius 1 is 1.22 bits per heavy atom. The number of pyridine rings is 1. The van der Waals surface area contributed by atoms with E-state index in [9.17, 15) is 9.59 Å². The SMILES string of the molecule is Cc1nn(C)c2[nH]c(=O)c(CCC(=O)Nc3ccc(CN4CCCCC4C)cc3)c(C)c12. The van der Waals surface area contributed by atoms with Gasteiger partial charge in [0.2, 0.25) is 5.91 Å². The lowest BCUT2D eigenvalue weighted by molar-refractivity contribution is -0.116. The van der Waals surface area contributed by atoms with Crippen molar-refractivity contribution in [1.82, 2.24) is 19.7 Å². The van der Waals surface area contributed by atoms with E-state index in [1.807, 2.05) is 33.0 Å². The number of hydrogen-bond acceptors (Lipinski definition) is 4. The van der Waals surface area contributed by atoms with E-state index in [0.29, 0.717) is 18.0 Å². The lowest BCUT2D eigenvalue weighted by Crippen LogP contribution is -2.36. The smallest absolute Gasteiger partial charge is 0.253 e. The number of rotatable bonds is 6. The molecule has 4 rings (SSSR count). The number of H-pyrrole nitrogens is 1. The lowest BCUT2D eigenvalue weighted by atomic mass is 10.0. The number of aromatic amines is 1. The number of hydrogen-bond donors (Lipinski definition) is 2. The minimum atomic E-state index is -0.151. The minimum absolute atomic E-state index is 0.0933. The highest BCUT2D eigenvalue weighted by Crippen LogP contribution is 2.22. The average molecular weight is 436 g/mol. The molecule has 32 heavy (non-hydrogen) atoms. The van der Waals surface area contributed by atoms with Crippen LogP contribution in [0.3, 0.4) is 0 Å². The molecule has 1 saturated heterocycles. The van der Waals surface area contributed by atoms with Crippen LogP contribution in [-0.2, 0) is 24.8 Å². The second-order valence-electron chi connectivity index (χ2n) is 9.05. The van der Waals surface area contributed by atoms with Gasteiger partial charge in [-0.15, -0.1) is 0 Å². The van der Waals surface area contributed by atoms with Gasteiger partial charge in [-0.1, -0.05) is 18.6 Å². The van der Waals surface area contributed by atoms with Crippen molar-refractivity contribution in [3.8, 4) is 0 Å². The molecule has 0 spiro atoms. The van der Waals surface area contributed by atoms with E-state index in [1.165, 1.54) is 24.8 Å². The van der Waals surface area contributed by atoms with E-state index in [-0.39, 0.29) is 17.9 Å². The molecular formula is C25H33N5O2. The molecule has 2 aromatic heterocycles. The molecule has 3 aromatic rings. The fourth-order valence-electron chi connectivity index (χ4n) is 4.84. The maximum Gasteiger partial charge on any atom is 0.253 e. The summed E-state index contributed by atoms with van der Waals surface area (Å²) in [5.74, 6) is -0.0933. The fraction of sp³-hybridized carbons (Fsp3) is 0.480. The van der Waals surface area contributed by atoms with Crippen LogP contribution in [-0.4, -0.2) is 38.2 Å². The first-order valence-electron chi connectivity index (χ1n) is 11.5. The van der Waals surface area contributed by atoms with Gasteiger partial charge in [0.1, 0.15) is 5.65 Å². The van der Waals surface area contributed by atoms with Gasteiger partial charge in [-0.05, 0) is 69.8 Å². The topological polar surface area (TPSA) is 83.0 Å². The van der Waals surface area contributed by atoms with Crippen molar-refractivity contribution in [3.63, 3.8) is 0 Å². The fourth-order valence-corrected chi connectivity index (χ4v) is 4.84. The van der Waals surface area contributed by atoms with Crippen molar-refractivity contribution in [2.75, 3.05) is 11.9 Å². The van der Waals surface area contributed by atoms with Crippen molar-refractivity contribution in [2.24, 2.45) is 7.05 Å². The largest absolute Gasteiger partial charge is 0.326 e. The summed E-state index contributed by atoms with van der Waals surface area (Å²) < 4.78 is 1.69. The zero-order valence-electron chi connectivity index (χ0n) is 19.5. The summed E-state index contributed by atoms with van der Waals surface area (Å²) in [6.45, 7) is 8.27. The number of nitrogens with one attached hydrogen (secondary N) is 2. The van der Waals surface area contributed by atoms with Crippen molar-refractivity contribution in [1.29, 1.82) is 0 Å². The number of piperidine rings is 1. The Balaban J connectivity index is 1.37. The Labute approximate surface area is 188 Å². The van der Waals surface area contributed by atoms with E-state index >= 15 is 0 Å². The quantitative estimate of drug-likeness (QED) is 0.617. The first-order valence-corrected chi connectivity index (χ1v) is 11.5. The van der Waals surface area contributed by atoms with Crippen LogP contribution in [0.5, 0.6) is 0 Å². The van der Waals surface area contributed by atoms with Crippen LogP contribution in [0.1, 0.15) is 55.0 Å². The molecular weight excluding hydrogens is 402 g/mol. The Hall–Kier alpha value is -2.93. The van der Waals surface area contributed by atoms with Gasteiger partial charge in [0.05, 0.1) is 5.69 Å². The first kappa shape index (κ1) is 22.3. The molecule has 2 N–H and O–H groups in total. The van der Waals surface area contributed by atoms with Gasteiger partial charge in [-0.25, -0.2) is 0 Å². The molecule has 1 aromatic carbocycles. The summed E-state index contributed by atoms with van der Waals surface area (Å²) in [6, 6.07) is 8.73. The van der Waals surface area contributed by atoms with Crippen molar-refractivity contribution in [3.05, 3.63) is 57.0 Å². The van der Waals surface area contributed by atoms with Crippen LogP contribution in [0.4, 0.5) is 5.69 Å². The highest BCUT2D eigenvalue weighted by molar-refractivity contribution is 5.91. The number of benzene rings is 1. The van der Waals surface area contributed by atoms with Gasteiger partial charge >= 0.3 is 0 Å². The predicted molar refractivity (Wildman–Crippen MR) is 128 cm³/mol. The second kappa shape index (κ2) is 9.28. The van der Waals surface area contributed by atoms with Crippen LogP contribution in [0.2, 0.25) is 0 Å². The lowest BCUT2D eigenvalue weighted by Gasteiger charge is -2.33. The first-order chi connectivity index (χ1) is 15.3. The number of carbonyl (C=O) groups excluding carboxylic acids is 1. The number of amides is 1. The zero-order chi connectivity index (χ0) is 22.8. The van der Waals surface area contributed by atoms with E-state index in [2.05, 4.69) is 39.4 Å². The Morgan fingerprint density at radius 3 is 2.69 bits per heavy atom. The monoisotopic (exact) mass is 435 g/mol. The maximum atomic E-state index is 12.6. The number of fused-ring (bicyclic) bond motifs is 1. The highest BCUT2D eigenvalue weighted by Gasteiger charge is 2.18.